The fourth-order valence-corrected chi connectivity index (χ4v) is 4.54. The van der Waals surface area contributed by atoms with Gasteiger partial charge in [0.1, 0.15) is 0 Å². The second kappa shape index (κ2) is 6.77. The van der Waals surface area contributed by atoms with E-state index >= 15 is 0 Å². The van der Waals surface area contributed by atoms with Crippen molar-refractivity contribution in [1.82, 2.24) is 8.96 Å². The van der Waals surface area contributed by atoms with E-state index in [4.69, 9.17) is 0 Å². The van der Waals surface area contributed by atoms with Gasteiger partial charge >= 0.3 is 0 Å². The number of hydrogen-bond donors (Lipinski definition) is 0. The van der Waals surface area contributed by atoms with Gasteiger partial charge in [-0.1, -0.05) is 42.5 Å². The maximum Gasteiger partial charge on any atom is 0.268 e. The van der Waals surface area contributed by atoms with E-state index in [9.17, 15) is 8.42 Å². The zero-order valence-corrected chi connectivity index (χ0v) is 14.9. The molecular formula is C21H18N2O2S. The first-order valence-electron chi connectivity index (χ1n) is 8.46. The molecule has 0 N–H and O–H groups in total. The topological polar surface area (TPSA) is 52.0 Å². The summed E-state index contributed by atoms with van der Waals surface area (Å²) < 4.78 is 27.6. The highest BCUT2D eigenvalue weighted by Crippen LogP contribution is 2.26. The fourth-order valence-electron chi connectivity index (χ4n) is 3.13. The van der Waals surface area contributed by atoms with Crippen molar-refractivity contribution in [3.63, 3.8) is 0 Å². The third-order valence-corrected chi connectivity index (χ3v) is 6.13. The predicted molar refractivity (Wildman–Crippen MR) is 103 cm³/mol. The summed E-state index contributed by atoms with van der Waals surface area (Å²) in [6, 6.07) is 22.0. The fraction of sp³-hybridized carbons (Fsp3) is 0.0952. The van der Waals surface area contributed by atoms with Crippen molar-refractivity contribution in [2.24, 2.45) is 0 Å². The number of nitrogens with zero attached hydrogens (tertiary/aromatic N) is 2. The molecule has 4 rings (SSSR count). The molecule has 2 heterocycles. The van der Waals surface area contributed by atoms with Crippen molar-refractivity contribution in [2.45, 2.75) is 17.7 Å². The lowest BCUT2D eigenvalue weighted by atomic mass is 10.1. The summed E-state index contributed by atoms with van der Waals surface area (Å²) in [5.74, 6) is 0. The van der Waals surface area contributed by atoms with Crippen LogP contribution in [0.3, 0.4) is 0 Å². The van der Waals surface area contributed by atoms with Crippen LogP contribution in [0.15, 0.2) is 90.1 Å². The second-order valence-electron chi connectivity index (χ2n) is 6.11. The number of hydrogen-bond acceptors (Lipinski definition) is 3. The van der Waals surface area contributed by atoms with Crippen LogP contribution in [0.5, 0.6) is 0 Å². The zero-order chi connectivity index (χ0) is 18.0. The molecule has 0 aliphatic rings. The van der Waals surface area contributed by atoms with Crippen LogP contribution in [0, 0.1) is 0 Å². The van der Waals surface area contributed by atoms with Crippen molar-refractivity contribution in [1.29, 1.82) is 0 Å². The van der Waals surface area contributed by atoms with Crippen LogP contribution in [-0.2, 0) is 22.9 Å². The lowest BCUT2D eigenvalue weighted by Gasteiger charge is -2.07. The SMILES string of the molecule is O=S(=O)(c1ccccc1)n1cc(CCc2ccccn2)c2ccccc21. The lowest BCUT2D eigenvalue weighted by Crippen LogP contribution is -2.11. The van der Waals surface area contributed by atoms with E-state index in [1.165, 1.54) is 3.97 Å². The number of aryl methyl sites for hydroxylation is 2. The summed E-state index contributed by atoms with van der Waals surface area (Å²) in [5.41, 5.74) is 2.70. The van der Waals surface area contributed by atoms with Gasteiger partial charge < -0.3 is 0 Å². The van der Waals surface area contributed by atoms with Gasteiger partial charge in [-0.15, -0.1) is 0 Å². The van der Waals surface area contributed by atoms with E-state index in [1.807, 2.05) is 48.5 Å². The van der Waals surface area contributed by atoms with Crippen LogP contribution in [0.2, 0.25) is 0 Å². The molecule has 0 aliphatic heterocycles. The van der Waals surface area contributed by atoms with Crippen LogP contribution < -0.4 is 0 Å². The Morgan fingerprint density at radius 3 is 2.31 bits per heavy atom. The number of pyridine rings is 1. The Balaban J connectivity index is 1.77. The Hall–Kier alpha value is -2.92. The smallest absolute Gasteiger partial charge is 0.261 e. The number of para-hydroxylation sites is 1. The van der Waals surface area contributed by atoms with Crippen LogP contribution in [0.4, 0.5) is 0 Å². The summed E-state index contributed by atoms with van der Waals surface area (Å²) in [6.07, 6.45) is 5.02. The third kappa shape index (κ3) is 3.02. The monoisotopic (exact) mass is 362 g/mol. The van der Waals surface area contributed by atoms with Crippen molar-refractivity contribution < 1.29 is 8.42 Å². The first-order chi connectivity index (χ1) is 12.7. The molecule has 2 aromatic carbocycles. The molecule has 4 nitrogen and oxygen atoms in total. The van der Waals surface area contributed by atoms with Gasteiger partial charge in [0.25, 0.3) is 10.0 Å². The molecular weight excluding hydrogens is 344 g/mol. The molecule has 0 saturated heterocycles. The molecule has 0 fully saturated rings. The number of rotatable bonds is 5. The summed E-state index contributed by atoms with van der Waals surface area (Å²) in [4.78, 5) is 4.64. The minimum atomic E-state index is -3.63. The highest BCUT2D eigenvalue weighted by atomic mass is 32.2. The van der Waals surface area contributed by atoms with Crippen LogP contribution in [0.25, 0.3) is 10.9 Å². The van der Waals surface area contributed by atoms with E-state index in [0.717, 1.165) is 29.5 Å². The highest BCUT2D eigenvalue weighted by Gasteiger charge is 2.20. The minimum Gasteiger partial charge on any atom is -0.261 e. The van der Waals surface area contributed by atoms with Gasteiger partial charge in [0, 0.05) is 23.5 Å². The molecule has 0 aliphatic carbocycles. The molecule has 0 atom stereocenters. The lowest BCUT2D eigenvalue weighted by molar-refractivity contribution is 0.589. The average Bonchev–Trinajstić information content (AvgIpc) is 3.07. The van der Waals surface area contributed by atoms with E-state index < -0.39 is 10.0 Å². The second-order valence-corrected chi connectivity index (χ2v) is 7.92. The Kier molecular flexibility index (Phi) is 4.31. The van der Waals surface area contributed by atoms with Gasteiger partial charge in [0.15, 0.2) is 0 Å². The van der Waals surface area contributed by atoms with Gasteiger partial charge in [0.2, 0.25) is 0 Å². The first kappa shape index (κ1) is 16.5. The Labute approximate surface area is 152 Å². The number of aromatic nitrogens is 2. The van der Waals surface area contributed by atoms with Gasteiger partial charge in [-0.3, -0.25) is 4.98 Å². The van der Waals surface area contributed by atoms with Crippen LogP contribution in [-0.4, -0.2) is 17.4 Å². The normalized spacial score (nSPS) is 11.7. The molecule has 4 aromatic rings. The molecule has 5 heteroatoms. The summed E-state index contributed by atoms with van der Waals surface area (Å²) in [7, 11) is -3.63. The number of benzene rings is 2. The van der Waals surface area contributed by atoms with E-state index in [1.54, 1.807) is 36.7 Å². The van der Waals surface area contributed by atoms with Crippen molar-refractivity contribution >= 4 is 20.9 Å². The number of fused-ring (bicyclic) bond motifs is 1. The molecule has 130 valence electrons. The summed E-state index contributed by atoms with van der Waals surface area (Å²) in [6.45, 7) is 0. The Bertz CT molecular complexity index is 1130. The molecule has 0 radical (unpaired) electrons. The largest absolute Gasteiger partial charge is 0.268 e. The van der Waals surface area contributed by atoms with Gasteiger partial charge in [0.05, 0.1) is 10.4 Å². The Morgan fingerprint density at radius 1 is 0.808 bits per heavy atom. The van der Waals surface area contributed by atoms with Gasteiger partial charge in [-0.25, -0.2) is 12.4 Å². The zero-order valence-electron chi connectivity index (χ0n) is 14.1. The summed E-state index contributed by atoms with van der Waals surface area (Å²) in [5, 5.41) is 0.961. The molecule has 0 spiro atoms. The standard InChI is InChI=1S/C21H18N2O2S/c24-26(25,19-9-2-1-3-10-19)23-16-17(20-11-4-5-12-21(20)23)13-14-18-8-6-7-15-22-18/h1-12,15-16H,13-14H2. The van der Waals surface area contributed by atoms with Gasteiger partial charge in [-0.2, -0.15) is 0 Å². The maximum atomic E-state index is 13.1. The molecule has 2 aromatic heterocycles. The van der Waals surface area contributed by atoms with Crippen molar-refractivity contribution in [2.75, 3.05) is 0 Å². The van der Waals surface area contributed by atoms with E-state index in [0.29, 0.717) is 5.52 Å². The van der Waals surface area contributed by atoms with Crippen LogP contribution >= 0.6 is 0 Å². The van der Waals surface area contributed by atoms with Gasteiger partial charge in [-0.05, 0) is 48.7 Å². The molecule has 26 heavy (non-hydrogen) atoms. The predicted octanol–water partition coefficient (Wildman–Crippen LogP) is 4.06. The quantitative estimate of drug-likeness (QED) is 0.538. The highest BCUT2D eigenvalue weighted by molar-refractivity contribution is 7.90. The van der Waals surface area contributed by atoms with E-state index in [-0.39, 0.29) is 4.90 Å². The molecule has 0 bridgehead atoms. The van der Waals surface area contributed by atoms with Crippen LogP contribution in [0.1, 0.15) is 11.3 Å². The third-order valence-electron chi connectivity index (χ3n) is 4.44. The van der Waals surface area contributed by atoms with Crippen molar-refractivity contribution in [3.05, 3.63) is 96.4 Å². The molecule has 0 amide bonds. The Morgan fingerprint density at radius 2 is 1.54 bits per heavy atom. The maximum absolute atomic E-state index is 13.1. The average molecular weight is 362 g/mol. The van der Waals surface area contributed by atoms with E-state index in [2.05, 4.69) is 4.98 Å². The first-order valence-corrected chi connectivity index (χ1v) is 9.90. The van der Waals surface area contributed by atoms with Crippen molar-refractivity contribution in [3.8, 4) is 0 Å². The minimum absolute atomic E-state index is 0.289. The molecule has 0 unspecified atom stereocenters. The molecule has 0 saturated carbocycles. The summed E-state index contributed by atoms with van der Waals surface area (Å²) >= 11 is 0.